The molecule has 0 spiro atoms. The molecule has 28 heavy (non-hydrogen) atoms. The van der Waals surface area contributed by atoms with Crippen molar-refractivity contribution in [1.29, 1.82) is 0 Å². The maximum Gasteiger partial charge on any atom is 0.318 e. The fourth-order valence-electron chi connectivity index (χ4n) is 3.48. The standard InChI is InChI=1S/C23H32N4O/c1-4-7-14-28-23-25-21-19(12-13-20(21)22(24)26-23)15-17-8-10-18(11-9-17)16-27(5-2)6-3/h8-12H,4-7,13-16H2,1-3H3,(H2,24,25,26). The number of unbranched alkanes of at least 4 members (excludes halogenated alkanes) is 1. The van der Waals surface area contributed by atoms with E-state index in [0.717, 1.165) is 56.6 Å². The molecule has 1 aliphatic rings. The van der Waals surface area contributed by atoms with Gasteiger partial charge in [-0.05, 0) is 49.1 Å². The maximum atomic E-state index is 6.16. The molecule has 0 unspecified atom stereocenters. The Labute approximate surface area is 168 Å². The van der Waals surface area contributed by atoms with Crippen LogP contribution in [0.2, 0.25) is 0 Å². The molecular formula is C23H32N4O. The number of anilines is 1. The van der Waals surface area contributed by atoms with Crippen molar-refractivity contribution in [2.75, 3.05) is 25.4 Å². The van der Waals surface area contributed by atoms with Gasteiger partial charge in [-0.15, -0.1) is 0 Å². The van der Waals surface area contributed by atoms with Crippen LogP contribution in [0.3, 0.4) is 0 Å². The van der Waals surface area contributed by atoms with Crippen molar-refractivity contribution in [3.05, 3.63) is 52.7 Å². The van der Waals surface area contributed by atoms with Crippen LogP contribution in [0.1, 0.15) is 56.0 Å². The Hall–Kier alpha value is -2.40. The van der Waals surface area contributed by atoms with Gasteiger partial charge in [0.2, 0.25) is 0 Å². The van der Waals surface area contributed by atoms with E-state index in [4.69, 9.17) is 10.5 Å². The van der Waals surface area contributed by atoms with Crippen molar-refractivity contribution in [3.63, 3.8) is 0 Å². The number of hydrogen-bond donors (Lipinski definition) is 1. The summed E-state index contributed by atoms with van der Waals surface area (Å²) in [6.07, 6.45) is 5.93. The van der Waals surface area contributed by atoms with Crippen molar-refractivity contribution in [2.24, 2.45) is 0 Å². The summed E-state index contributed by atoms with van der Waals surface area (Å²) in [5.41, 5.74) is 12.0. The van der Waals surface area contributed by atoms with Crippen LogP contribution in [0.25, 0.3) is 5.57 Å². The number of fused-ring (bicyclic) bond motifs is 1. The summed E-state index contributed by atoms with van der Waals surface area (Å²) >= 11 is 0. The van der Waals surface area contributed by atoms with E-state index in [9.17, 15) is 0 Å². The predicted octanol–water partition coefficient (Wildman–Crippen LogP) is 4.26. The Morgan fingerprint density at radius 1 is 1.04 bits per heavy atom. The molecule has 0 saturated heterocycles. The molecule has 0 fully saturated rings. The van der Waals surface area contributed by atoms with Crippen LogP contribution in [-0.4, -0.2) is 34.6 Å². The molecule has 2 aromatic rings. The van der Waals surface area contributed by atoms with Gasteiger partial charge in [0, 0.05) is 12.1 Å². The van der Waals surface area contributed by atoms with Crippen LogP contribution in [0.4, 0.5) is 5.82 Å². The minimum absolute atomic E-state index is 0.395. The molecule has 1 aliphatic carbocycles. The largest absolute Gasteiger partial charge is 0.463 e. The topological polar surface area (TPSA) is 64.3 Å². The third-order valence-corrected chi connectivity index (χ3v) is 5.32. The number of rotatable bonds is 10. The van der Waals surface area contributed by atoms with Gasteiger partial charge < -0.3 is 10.5 Å². The van der Waals surface area contributed by atoms with E-state index < -0.39 is 0 Å². The second-order valence-electron chi connectivity index (χ2n) is 7.31. The van der Waals surface area contributed by atoms with Gasteiger partial charge in [-0.25, -0.2) is 0 Å². The van der Waals surface area contributed by atoms with Gasteiger partial charge in [-0.3, -0.25) is 4.90 Å². The smallest absolute Gasteiger partial charge is 0.318 e. The lowest BCUT2D eigenvalue weighted by molar-refractivity contribution is 0.285. The van der Waals surface area contributed by atoms with Crippen LogP contribution in [-0.2, 0) is 19.4 Å². The summed E-state index contributed by atoms with van der Waals surface area (Å²) in [5, 5.41) is 0. The first kappa shape index (κ1) is 20.3. The monoisotopic (exact) mass is 380 g/mol. The molecule has 2 N–H and O–H groups in total. The van der Waals surface area contributed by atoms with E-state index >= 15 is 0 Å². The first-order valence-corrected chi connectivity index (χ1v) is 10.4. The molecule has 0 amide bonds. The molecule has 0 atom stereocenters. The van der Waals surface area contributed by atoms with E-state index in [1.807, 2.05) is 0 Å². The van der Waals surface area contributed by atoms with Crippen LogP contribution < -0.4 is 10.5 Å². The third-order valence-electron chi connectivity index (χ3n) is 5.32. The lowest BCUT2D eigenvalue weighted by Gasteiger charge is -2.18. The first-order valence-electron chi connectivity index (χ1n) is 10.4. The van der Waals surface area contributed by atoms with Crippen molar-refractivity contribution < 1.29 is 4.74 Å². The van der Waals surface area contributed by atoms with Gasteiger partial charge in [0.1, 0.15) is 5.82 Å². The summed E-state index contributed by atoms with van der Waals surface area (Å²) < 4.78 is 5.69. The van der Waals surface area contributed by atoms with Crippen molar-refractivity contribution >= 4 is 11.4 Å². The Balaban J connectivity index is 1.70. The molecule has 0 radical (unpaired) electrons. The average Bonchev–Trinajstić information content (AvgIpc) is 3.11. The highest BCUT2D eigenvalue weighted by Gasteiger charge is 2.21. The van der Waals surface area contributed by atoms with Crippen molar-refractivity contribution in [1.82, 2.24) is 14.9 Å². The summed E-state index contributed by atoms with van der Waals surface area (Å²) in [6, 6.07) is 9.31. The van der Waals surface area contributed by atoms with Crippen LogP contribution >= 0.6 is 0 Å². The van der Waals surface area contributed by atoms with Gasteiger partial charge in [0.15, 0.2) is 0 Å². The number of nitrogens with two attached hydrogens (primary N) is 1. The Kier molecular flexibility index (Phi) is 7.04. The molecule has 0 bridgehead atoms. The predicted molar refractivity (Wildman–Crippen MR) is 115 cm³/mol. The first-order chi connectivity index (χ1) is 13.6. The molecule has 1 aromatic heterocycles. The van der Waals surface area contributed by atoms with Crippen LogP contribution in [0.5, 0.6) is 6.01 Å². The van der Waals surface area contributed by atoms with Gasteiger partial charge in [-0.1, -0.05) is 57.5 Å². The van der Waals surface area contributed by atoms with E-state index in [-0.39, 0.29) is 0 Å². The quantitative estimate of drug-likeness (QED) is 0.624. The van der Waals surface area contributed by atoms with Crippen molar-refractivity contribution in [3.8, 4) is 6.01 Å². The minimum Gasteiger partial charge on any atom is -0.463 e. The normalized spacial score (nSPS) is 12.9. The number of allylic oxidation sites excluding steroid dienone is 2. The lowest BCUT2D eigenvalue weighted by Crippen LogP contribution is -2.22. The summed E-state index contributed by atoms with van der Waals surface area (Å²) in [7, 11) is 0. The number of hydrogen-bond acceptors (Lipinski definition) is 5. The highest BCUT2D eigenvalue weighted by atomic mass is 16.5. The number of nitrogens with zero attached hydrogens (tertiary/aromatic N) is 3. The molecule has 0 aliphatic heterocycles. The summed E-state index contributed by atoms with van der Waals surface area (Å²) in [6.45, 7) is 10.3. The molecule has 5 nitrogen and oxygen atoms in total. The SMILES string of the molecule is CCCCOc1nc(N)c2c(n1)C(Cc1ccc(CN(CC)CC)cc1)=CC2. The fraction of sp³-hybridized carbons (Fsp3) is 0.478. The minimum atomic E-state index is 0.395. The molecule has 5 heteroatoms. The summed E-state index contributed by atoms with van der Waals surface area (Å²) in [4.78, 5) is 11.4. The Bertz CT molecular complexity index is 810. The number of benzene rings is 1. The zero-order chi connectivity index (χ0) is 19.9. The Morgan fingerprint density at radius 3 is 2.43 bits per heavy atom. The average molecular weight is 381 g/mol. The molecule has 1 aromatic carbocycles. The van der Waals surface area contributed by atoms with E-state index in [0.29, 0.717) is 18.4 Å². The second-order valence-corrected chi connectivity index (χ2v) is 7.31. The lowest BCUT2D eigenvalue weighted by atomic mass is 10.0. The van der Waals surface area contributed by atoms with Crippen LogP contribution in [0, 0.1) is 0 Å². The number of nitrogen functional groups attached to an aromatic ring is 1. The van der Waals surface area contributed by atoms with E-state index in [1.54, 1.807) is 0 Å². The molecule has 1 heterocycles. The molecule has 3 rings (SSSR count). The van der Waals surface area contributed by atoms with E-state index in [1.165, 1.54) is 16.7 Å². The Morgan fingerprint density at radius 2 is 1.75 bits per heavy atom. The van der Waals surface area contributed by atoms with Gasteiger partial charge >= 0.3 is 6.01 Å². The maximum absolute atomic E-state index is 6.16. The highest BCUT2D eigenvalue weighted by molar-refractivity contribution is 5.75. The zero-order valence-corrected chi connectivity index (χ0v) is 17.4. The number of ether oxygens (including phenoxy) is 1. The van der Waals surface area contributed by atoms with Gasteiger partial charge in [0.25, 0.3) is 0 Å². The van der Waals surface area contributed by atoms with Crippen LogP contribution in [0.15, 0.2) is 30.3 Å². The second kappa shape index (κ2) is 9.69. The highest BCUT2D eigenvalue weighted by Crippen LogP contribution is 2.32. The van der Waals surface area contributed by atoms with Crippen molar-refractivity contribution in [2.45, 2.75) is 53.0 Å². The van der Waals surface area contributed by atoms with Gasteiger partial charge in [0.05, 0.1) is 12.3 Å². The molecule has 150 valence electrons. The molecule has 0 saturated carbocycles. The van der Waals surface area contributed by atoms with E-state index in [2.05, 4.69) is 66.0 Å². The third kappa shape index (κ3) is 4.90. The number of aromatic nitrogens is 2. The molecular weight excluding hydrogens is 348 g/mol. The van der Waals surface area contributed by atoms with Gasteiger partial charge in [-0.2, -0.15) is 9.97 Å². The zero-order valence-electron chi connectivity index (χ0n) is 17.4. The fourth-order valence-corrected chi connectivity index (χ4v) is 3.48. The summed E-state index contributed by atoms with van der Waals surface area (Å²) in [5.74, 6) is 0.539.